The second-order valence-electron chi connectivity index (χ2n) is 5.19. The number of para-hydroxylation sites is 1. The lowest BCUT2D eigenvalue weighted by molar-refractivity contribution is 0.606. The maximum absolute atomic E-state index is 5.36. The summed E-state index contributed by atoms with van der Waals surface area (Å²) in [6, 6.07) is 10.5. The number of fused-ring (bicyclic) bond motifs is 1. The normalized spacial score (nSPS) is 17.7. The van der Waals surface area contributed by atoms with Crippen molar-refractivity contribution in [3.63, 3.8) is 0 Å². The zero-order valence-corrected chi connectivity index (χ0v) is 11.6. The number of benzene rings is 1. The molecule has 5 nitrogen and oxygen atoms in total. The number of rotatable bonds is 3. The van der Waals surface area contributed by atoms with Crippen molar-refractivity contribution in [1.82, 2.24) is 9.97 Å². The van der Waals surface area contributed by atoms with Crippen molar-refractivity contribution in [1.29, 1.82) is 0 Å². The molecule has 2 aromatic rings. The van der Waals surface area contributed by atoms with Gasteiger partial charge in [-0.3, -0.25) is 5.43 Å². The first-order valence-electron chi connectivity index (χ1n) is 6.90. The minimum Gasteiger partial charge on any atom is -0.365 e. The third-order valence-corrected chi connectivity index (χ3v) is 3.84. The van der Waals surface area contributed by atoms with Crippen molar-refractivity contribution in [2.24, 2.45) is 5.84 Å². The van der Waals surface area contributed by atoms with Gasteiger partial charge in [0.1, 0.15) is 0 Å². The Bertz CT molecular complexity index is 598. The van der Waals surface area contributed by atoms with Crippen LogP contribution in [0.3, 0.4) is 0 Å². The molecule has 1 unspecified atom stereocenters. The topological polar surface area (TPSA) is 67.1 Å². The average Bonchev–Trinajstić information content (AvgIpc) is 2.51. The third kappa shape index (κ3) is 2.44. The summed E-state index contributed by atoms with van der Waals surface area (Å²) in [6.45, 7) is 4.12. The molecule has 0 aliphatic carbocycles. The van der Waals surface area contributed by atoms with Gasteiger partial charge in [-0.2, -0.15) is 0 Å². The summed E-state index contributed by atoms with van der Waals surface area (Å²) in [5, 5.41) is 0. The van der Waals surface area contributed by atoms with Gasteiger partial charge in [-0.1, -0.05) is 25.1 Å². The van der Waals surface area contributed by atoms with Gasteiger partial charge in [0.05, 0.1) is 12.2 Å². The van der Waals surface area contributed by atoms with Gasteiger partial charge in [0.2, 0.25) is 5.95 Å². The van der Waals surface area contributed by atoms with Crippen LogP contribution in [0.2, 0.25) is 0 Å². The summed E-state index contributed by atoms with van der Waals surface area (Å²) in [6.07, 6.45) is 2.90. The third-order valence-electron chi connectivity index (χ3n) is 3.84. The van der Waals surface area contributed by atoms with Gasteiger partial charge in [0, 0.05) is 18.4 Å². The Morgan fingerprint density at radius 1 is 1.35 bits per heavy atom. The van der Waals surface area contributed by atoms with E-state index in [1.807, 2.05) is 6.07 Å². The first-order chi connectivity index (χ1) is 9.78. The molecule has 0 fully saturated rings. The molecule has 1 aromatic heterocycles. The highest BCUT2D eigenvalue weighted by molar-refractivity contribution is 5.57. The molecular weight excluding hydrogens is 250 g/mol. The second kappa shape index (κ2) is 5.46. The van der Waals surface area contributed by atoms with Gasteiger partial charge >= 0.3 is 0 Å². The molecule has 1 atom stereocenters. The van der Waals surface area contributed by atoms with Crippen molar-refractivity contribution in [3.05, 3.63) is 47.8 Å². The summed E-state index contributed by atoms with van der Waals surface area (Å²) < 4.78 is 0. The summed E-state index contributed by atoms with van der Waals surface area (Å²) in [5.41, 5.74) is 6.19. The van der Waals surface area contributed by atoms with E-state index in [1.165, 1.54) is 17.7 Å². The molecule has 0 bridgehead atoms. The first-order valence-corrected chi connectivity index (χ1v) is 6.90. The lowest BCUT2D eigenvalue weighted by Gasteiger charge is -2.34. The summed E-state index contributed by atoms with van der Waals surface area (Å²) in [5.74, 6) is 6.44. The van der Waals surface area contributed by atoms with E-state index in [1.54, 1.807) is 6.20 Å². The fraction of sp³-hybridized carbons (Fsp3) is 0.333. The van der Waals surface area contributed by atoms with Crippen molar-refractivity contribution in [3.8, 4) is 0 Å². The Morgan fingerprint density at radius 3 is 3.05 bits per heavy atom. The number of nitrogen functional groups attached to an aromatic ring is 1. The molecule has 20 heavy (non-hydrogen) atoms. The number of nitrogens with one attached hydrogen (secondary N) is 1. The van der Waals surface area contributed by atoms with Gasteiger partial charge in [-0.15, -0.1) is 0 Å². The maximum Gasteiger partial charge on any atom is 0.237 e. The summed E-state index contributed by atoms with van der Waals surface area (Å²) in [4.78, 5) is 10.8. The number of anilines is 2. The molecule has 0 amide bonds. The molecule has 0 saturated carbocycles. The minimum absolute atomic E-state index is 0.459. The standard InChI is InChI=1S/C15H19N5/c1-11-7-9-20(14-5-3-2-4-13(11)14)10-12-6-8-17-15(18-12)19-16/h2-6,8,11H,7,9-10,16H2,1H3,(H,17,18,19). The Hall–Kier alpha value is -2.14. The van der Waals surface area contributed by atoms with Crippen LogP contribution in [0, 0.1) is 0 Å². The van der Waals surface area contributed by atoms with Gasteiger partial charge < -0.3 is 4.90 Å². The van der Waals surface area contributed by atoms with E-state index >= 15 is 0 Å². The summed E-state index contributed by atoms with van der Waals surface area (Å²) >= 11 is 0. The predicted octanol–water partition coefficient (Wildman–Crippen LogP) is 2.28. The molecule has 0 spiro atoms. The predicted molar refractivity (Wildman–Crippen MR) is 80.4 cm³/mol. The maximum atomic E-state index is 5.36. The molecule has 104 valence electrons. The molecular formula is C15H19N5. The Morgan fingerprint density at radius 2 is 2.20 bits per heavy atom. The monoisotopic (exact) mass is 269 g/mol. The molecule has 0 radical (unpaired) electrons. The van der Waals surface area contributed by atoms with Gasteiger partial charge in [0.15, 0.2) is 0 Å². The summed E-state index contributed by atoms with van der Waals surface area (Å²) in [7, 11) is 0. The zero-order chi connectivity index (χ0) is 13.9. The van der Waals surface area contributed by atoms with Crippen molar-refractivity contribution in [2.45, 2.75) is 25.8 Å². The van der Waals surface area contributed by atoms with Gasteiger partial charge in [-0.25, -0.2) is 15.8 Å². The highest BCUT2D eigenvalue weighted by Crippen LogP contribution is 2.35. The first kappa shape index (κ1) is 12.9. The molecule has 2 heterocycles. The van der Waals surface area contributed by atoms with Gasteiger partial charge in [0.25, 0.3) is 0 Å². The number of hydrazine groups is 1. The van der Waals surface area contributed by atoms with Crippen LogP contribution >= 0.6 is 0 Å². The van der Waals surface area contributed by atoms with Gasteiger partial charge in [-0.05, 0) is 30.0 Å². The molecule has 5 heteroatoms. The second-order valence-corrected chi connectivity index (χ2v) is 5.19. The highest BCUT2D eigenvalue weighted by Gasteiger charge is 2.21. The van der Waals surface area contributed by atoms with E-state index in [9.17, 15) is 0 Å². The number of aromatic nitrogens is 2. The van der Waals surface area contributed by atoms with E-state index in [0.717, 1.165) is 18.8 Å². The molecule has 1 aliphatic rings. The van der Waals surface area contributed by atoms with Crippen LogP contribution in [0.15, 0.2) is 36.5 Å². The van der Waals surface area contributed by atoms with Crippen LogP contribution in [0.25, 0.3) is 0 Å². The average molecular weight is 269 g/mol. The molecule has 3 N–H and O–H groups in total. The Balaban J connectivity index is 1.86. The molecule has 1 aromatic carbocycles. The van der Waals surface area contributed by atoms with E-state index in [4.69, 9.17) is 5.84 Å². The van der Waals surface area contributed by atoms with Crippen molar-refractivity contribution < 1.29 is 0 Å². The Kier molecular flexibility index (Phi) is 3.52. The van der Waals surface area contributed by atoms with E-state index in [0.29, 0.717) is 11.9 Å². The largest absolute Gasteiger partial charge is 0.365 e. The van der Waals surface area contributed by atoms with Crippen LogP contribution in [0.4, 0.5) is 11.6 Å². The smallest absolute Gasteiger partial charge is 0.237 e. The van der Waals surface area contributed by atoms with Crippen LogP contribution in [-0.2, 0) is 6.54 Å². The Labute approximate surface area is 118 Å². The zero-order valence-electron chi connectivity index (χ0n) is 11.6. The number of nitrogens with zero attached hydrogens (tertiary/aromatic N) is 3. The number of nitrogens with two attached hydrogens (primary N) is 1. The molecule has 1 aliphatic heterocycles. The van der Waals surface area contributed by atoms with E-state index in [-0.39, 0.29) is 0 Å². The number of hydrogen-bond acceptors (Lipinski definition) is 5. The lowest BCUT2D eigenvalue weighted by Crippen LogP contribution is -2.30. The van der Waals surface area contributed by atoms with Crippen molar-refractivity contribution >= 4 is 11.6 Å². The van der Waals surface area contributed by atoms with Crippen molar-refractivity contribution in [2.75, 3.05) is 16.9 Å². The lowest BCUT2D eigenvalue weighted by atomic mass is 9.91. The van der Waals surface area contributed by atoms with Crippen LogP contribution in [0.5, 0.6) is 0 Å². The molecule has 0 saturated heterocycles. The molecule has 3 rings (SSSR count). The quantitative estimate of drug-likeness (QED) is 0.661. The van der Waals surface area contributed by atoms with Crippen LogP contribution < -0.4 is 16.2 Å². The SMILES string of the molecule is CC1CCN(Cc2ccnc(NN)n2)c2ccccc21. The van der Waals surface area contributed by atoms with Crippen LogP contribution in [0.1, 0.15) is 30.5 Å². The van der Waals surface area contributed by atoms with E-state index in [2.05, 4.69) is 51.5 Å². The van der Waals surface area contributed by atoms with E-state index < -0.39 is 0 Å². The van der Waals surface area contributed by atoms with Crippen LogP contribution in [-0.4, -0.2) is 16.5 Å². The fourth-order valence-electron chi connectivity index (χ4n) is 2.73. The minimum atomic E-state index is 0.459. The number of hydrogen-bond donors (Lipinski definition) is 2. The highest BCUT2D eigenvalue weighted by atomic mass is 15.3. The fourth-order valence-corrected chi connectivity index (χ4v) is 2.73.